The van der Waals surface area contributed by atoms with Gasteiger partial charge < -0.3 is 15.4 Å². The summed E-state index contributed by atoms with van der Waals surface area (Å²) in [6.45, 7) is 6.58. The Morgan fingerprint density at radius 2 is 1.86 bits per heavy atom. The van der Waals surface area contributed by atoms with Crippen molar-refractivity contribution in [3.8, 4) is 5.75 Å². The van der Waals surface area contributed by atoms with Crippen molar-refractivity contribution in [2.24, 2.45) is 4.99 Å². The molecule has 0 radical (unpaired) electrons. The van der Waals surface area contributed by atoms with E-state index >= 15 is 0 Å². The van der Waals surface area contributed by atoms with E-state index in [0.717, 1.165) is 35.8 Å². The van der Waals surface area contributed by atoms with E-state index in [1.54, 1.807) is 23.5 Å². The summed E-state index contributed by atoms with van der Waals surface area (Å²) in [7, 11) is 0. The molecule has 1 heterocycles. The minimum Gasteiger partial charge on any atom is -0.484 e. The van der Waals surface area contributed by atoms with Crippen LogP contribution in [0, 0.1) is 13.8 Å². The third-order valence-electron chi connectivity index (χ3n) is 3.73. The van der Waals surface area contributed by atoms with Gasteiger partial charge in [-0.15, -0.1) is 35.3 Å². The smallest absolute Gasteiger partial charge is 0.422 e. The van der Waals surface area contributed by atoms with Crippen molar-refractivity contribution in [1.82, 2.24) is 15.6 Å². The first-order valence-electron chi connectivity index (χ1n) is 9.00. The summed E-state index contributed by atoms with van der Waals surface area (Å²) >= 11 is 1.70. The lowest BCUT2D eigenvalue weighted by Gasteiger charge is -2.11. The molecule has 10 heteroatoms. The van der Waals surface area contributed by atoms with Gasteiger partial charge in [0.15, 0.2) is 12.6 Å². The first kappa shape index (κ1) is 25.5. The van der Waals surface area contributed by atoms with E-state index in [1.807, 2.05) is 20.8 Å². The SMILES string of the molecule is CCNC(=NCc1ccc(OCC(F)(F)F)cc1)NCCc1sc(C)nc1C.I. The minimum absolute atomic E-state index is 0. The molecule has 2 N–H and O–H groups in total. The summed E-state index contributed by atoms with van der Waals surface area (Å²) in [4.78, 5) is 10.2. The molecule has 2 rings (SSSR count). The van der Waals surface area contributed by atoms with Gasteiger partial charge in [0.1, 0.15) is 5.75 Å². The highest BCUT2D eigenvalue weighted by Gasteiger charge is 2.28. The van der Waals surface area contributed by atoms with Crippen LogP contribution >= 0.6 is 35.3 Å². The lowest BCUT2D eigenvalue weighted by Crippen LogP contribution is -2.38. The van der Waals surface area contributed by atoms with Gasteiger partial charge in [-0.25, -0.2) is 9.98 Å². The summed E-state index contributed by atoms with van der Waals surface area (Å²) in [5.74, 6) is 0.879. The molecule has 1 aromatic carbocycles. The second-order valence-corrected chi connectivity index (χ2v) is 7.45. The average Bonchev–Trinajstić information content (AvgIpc) is 2.95. The van der Waals surface area contributed by atoms with Crippen LogP contribution in [0.5, 0.6) is 5.75 Å². The molecule has 29 heavy (non-hydrogen) atoms. The Morgan fingerprint density at radius 1 is 1.17 bits per heavy atom. The molecule has 0 aliphatic rings. The molecule has 0 spiro atoms. The molecule has 0 bridgehead atoms. The number of hydrogen-bond acceptors (Lipinski definition) is 4. The number of nitrogens with one attached hydrogen (secondary N) is 2. The summed E-state index contributed by atoms with van der Waals surface area (Å²) in [5.41, 5.74) is 1.95. The number of guanidine groups is 1. The summed E-state index contributed by atoms with van der Waals surface area (Å²) < 4.78 is 41.2. The molecule has 162 valence electrons. The van der Waals surface area contributed by atoms with Crippen molar-refractivity contribution in [2.45, 2.75) is 39.9 Å². The first-order chi connectivity index (χ1) is 13.3. The van der Waals surface area contributed by atoms with Crippen LogP contribution in [-0.4, -0.2) is 36.8 Å². The lowest BCUT2D eigenvalue weighted by atomic mass is 10.2. The van der Waals surface area contributed by atoms with Crippen LogP contribution < -0.4 is 15.4 Å². The molecular formula is C19H26F3IN4OS. The molecular weight excluding hydrogens is 516 g/mol. The number of thiazole rings is 1. The summed E-state index contributed by atoms with van der Waals surface area (Å²) in [5, 5.41) is 7.54. The fourth-order valence-electron chi connectivity index (χ4n) is 2.47. The van der Waals surface area contributed by atoms with Crippen molar-refractivity contribution >= 4 is 41.3 Å². The zero-order valence-electron chi connectivity index (χ0n) is 16.6. The Bertz CT molecular complexity index is 779. The van der Waals surface area contributed by atoms with E-state index in [-0.39, 0.29) is 29.7 Å². The highest BCUT2D eigenvalue weighted by Crippen LogP contribution is 2.19. The summed E-state index contributed by atoms with van der Waals surface area (Å²) in [6.07, 6.45) is -3.47. The topological polar surface area (TPSA) is 58.5 Å². The summed E-state index contributed by atoms with van der Waals surface area (Å²) in [6, 6.07) is 6.46. The fraction of sp³-hybridized carbons (Fsp3) is 0.474. The molecule has 0 saturated carbocycles. The second kappa shape index (κ2) is 12.2. The Labute approximate surface area is 190 Å². The number of nitrogens with zero attached hydrogens (tertiary/aromatic N) is 2. The number of hydrogen-bond donors (Lipinski definition) is 2. The predicted molar refractivity (Wildman–Crippen MR) is 122 cm³/mol. The molecule has 1 aromatic heterocycles. The highest BCUT2D eigenvalue weighted by atomic mass is 127. The number of aryl methyl sites for hydroxylation is 2. The van der Waals surface area contributed by atoms with Crippen molar-refractivity contribution in [3.63, 3.8) is 0 Å². The molecule has 0 unspecified atom stereocenters. The van der Waals surface area contributed by atoms with Gasteiger partial charge in [0, 0.05) is 24.4 Å². The van der Waals surface area contributed by atoms with Crippen molar-refractivity contribution in [1.29, 1.82) is 0 Å². The van der Waals surface area contributed by atoms with Crippen molar-refractivity contribution in [3.05, 3.63) is 45.4 Å². The van der Waals surface area contributed by atoms with Crippen LogP contribution in [0.1, 0.15) is 28.1 Å². The van der Waals surface area contributed by atoms with Gasteiger partial charge in [0.25, 0.3) is 0 Å². The number of aliphatic imine (C=N–C) groups is 1. The number of ether oxygens (including phenoxy) is 1. The minimum atomic E-state index is -4.34. The van der Waals surface area contributed by atoms with Crippen molar-refractivity contribution < 1.29 is 17.9 Å². The highest BCUT2D eigenvalue weighted by molar-refractivity contribution is 14.0. The van der Waals surface area contributed by atoms with Gasteiger partial charge >= 0.3 is 6.18 Å². The number of benzene rings is 1. The molecule has 0 fully saturated rings. The molecule has 0 amide bonds. The number of alkyl halides is 3. The fourth-order valence-corrected chi connectivity index (χ4v) is 3.40. The maximum Gasteiger partial charge on any atom is 0.422 e. The molecule has 5 nitrogen and oxygen atoms in total. The van der Waals surface area contributed by atoms with Gasteiger partial charge in [0.2, 0.25) is 0 Å². The quantitative estimate of drug-likeness (QED) is 0.291. The monoisotopic (exact) mass is 542 g/mol. The van der Waals surface area contributed by atoms with Gasteiger partial charge in [-0.05, 0) is 38.5 Å². The van der Waals surface area contributed by atoms with Gasteiger partial charge in [-0.1, -0.05) is 12.1 Å². The Kier molecular flexibility index (Phi) is 10.7. The van der Waals surface area contributed by atoms with E-state index in [1.165, 1.54) is 17.0 Å². The molecule has 0 saturated heterocycles. The second-order valence-electron chi connectivity index (χ2n) is 6.16. The van der Waals surface area contributed by atoms with E-state index < -0.39 is 12.8 Å². The molecule has 0 aliphatic heterocycles. The number of rotatable bonds is 8. The Morgan fingerprint density at radius 3 is 2.41 bits per heavy atom. The van der Waals surface area contributed by atoms with Crippen LogP contribution in [0.3, 0.4) is 0 Å². The zero-order chi connectivity index (χ0) is 20.6. The number of halogens is 4. The molecule has 0 aliphatic carbocycles. The number of aromatic nitrogens is 1. The maximum atomic E-state index is 12.2. The predicted octanol–water partition coefficient (Wildman–Crippen LogP) is 4.62. The van der Waals surface area contributed by atoms with E-state index in [9.17, 15) is 13.2 Å². The van der Waals surface area contributed by atoms with E-state index in [4.69, 9.17) is 4.74 Å². The van der Waals surface area contributed by atoms with Crippen LogP contribution in [0.4, 0.5) is 13.2 Å². The van der Waals surface area contributed by atoms with E-state index in [0.29, 0.717) is 12.5 Å². The lowest BCUT2D eigenvalue weighted by molar-refractivity contribution is -0.153. The van der Waals surface area contributed by atoms with Crippen LogP contribution in [0.15, 0.2) is 29.3 Å². The Balaban J connectivity index is 0.00000420. The normalized spacial score (nSPS) is 11.7. The van der Waals surface area contributed by atoms with Crippen LogP contribution in [0.2, 0.25) is 0 Å². The first-order valence-corrected chi connectivity index (χ1v) is 9.82. The average molecular weight is 542 g/mol. The van der Waals surface area contributed by atoms with Gasteiger partial charge in [0.05, 0.1) is 17.2 Å². The third kappa shape index (κ3) is 9.66. The third-order valence-corrected chi connectivity index (χ3v) is 4.87. The standard InChI is InChI=1S/C19H25F3N4OS.HI/c1-4-23-18(24-10-9-17-13(2)26-14(3)28-17)25-11-15-5-7-16(8-6-15)27-12-19(20,21)22;/h5-8H,4,9-12H2,1-3H3,(H2,23,24,25);1H. The maximum absolute atomic E-state index is 12.2. The van der Waals surface area contributed by atoms with Crippen molar-refractivity contribution in [2.75, 3.05) is 19.7 Å². The van der Waals surface area contributed by atoms with Gasteiger partial charge in [-0.3, -0.25) is 0 Å². The largest absolute Gasteiger partial charge is 0.484 e. The molecule has 2 aromatic rings. The van der Waals surface area contributed by atoms with Crippen LogP contribution in [0.25, 0.3) is 0 Å². The van der Waals surface area contributed by atoms with Crippen LogP contribution in [-0.2, 0) is 13.0 Å². The van der Waals surface area contributed by atoms with Gasteiger partial charge in [-0.2, -0.15) is 13.2 Å². The Hall–Kier alpha value is -1.56. The zero-order valence-corrected chi connectivity index (χ0v) is 19.7. The van der Waals surface area contributed by atoms with E-state index in [2.05, 4.69) is 20.6 Å². The molecule has 0 atom stereocenters.